The maximum atomic E-state index is 11.2. The first-order valence-corrected chi connectivity index (χ1v) is 6.04. The van der Waals surface area contributed by atoms with Crippen LogP contribution in [-0.4, -0.2) is 51.9 Å². The number of nitrogens with zero attached hydrogens (tertiary/aromatic N) is 5. The molecule has 9 heteroatoms. The number of halogens is 1. The molecule has 0 aliphatic carbocycles. The second kappa shape index (κ2) is 5.35. The van der Waals surface area contributed by atoms with Gasteiger partial charge in [0, 0.05) is 33.1 Å². The van der Waals surface area contributed by atoms with E-state index in [4.69, 9.17) is 11.6 Å². The third-order valence-corrected chi connectivity index (χ3v) is 3.12. The van der Waals surface area contributed by atoms with Gasteiger partial charge >= 0.3 is 5.69 Å². The Morgan fingerprint density at radius 1 is 1.42 bits per heavy atom. The zero-order valence-electron chi connectivity index (χ0n) is 10.2. The summed E-state index contributed by atoms with van der Waals surface area (Å²) in [5.41, 5.74) is -0.180. The Balaban J connectivity index is 2.21. The first-order chi connectivity index (χ1) is 8.99. The van der Waals surface area contributed by atoms with Crippen molar-refractivity contribution < 1.29 is 9.72 Å². The van der Waals surface area contributed by atoms with Crippen molar-refractivity contribution in [3.05, 3.63) is 21.6 Å². The molecule has 0 unspecified atom stereocenters. The highest BCUT2D eigenvalue weighted by Crippen LogP contribution is 2.26. The zero-order chi connectivity index (χ0) is 14.0. The summed E-state index contributed by atoms with van der Waals surface area (Å²) in [7, 11) is 0. The lowest BCUT2D eigenvalue weighted by Crippen LogP contribution is -2.48. The molecule has 0 N–H and O–H groups in total. The summed E-state index contributed by atoms with van der Waals surface area (Å²) in [4.78, 5) is 32.6. The van der Waals surface area contributed by atoms with Crippen molar-refractivity contribution in [3.8, 4) is 0 Å². The van der Waals surface area contributed by atoms with E-state index in [0.717, 1.165) is 6.20 Å². The molecule has 1 amide bonds. The van der Waals surface area contributed by atoms with Gasteiger partial charge in [0.25, 0.3) is 0 Å². The lowest BCUT2D eigenvalue weighted by molar-refractivity contribution is -0.384. The highest BCUT2D eigenvalue weighted by molar-refractivity contribution is 6.28. The third-order valence-electron chi connectivity index (χ3n) is 2.94. The molecule has 0 bridgehead atoms. The Hall–Kier alpha value is -1.96. The molecular formula is C10H12ClN5O3. The predicted octanol–water partition coefficient (Wildman–Crippen LogP) is 0.707. The Bertz CT molecular complexity index is 516. The molecule has 1 aliphatic heterocycles. The van der Waals surface area contributed by atoms with Crippen molar-refractivity contribution >= 4 is 29.0 Å². The summed E-state index contributed by atoms with van der Waals surface area (Å²) in [5, 5.41) is 10.9. The monoisotopic (exact) mass is 285 g/mol. The van der Waals surface area contributed by atoms with Crippen molar-refractivity contribution in [3.63, 3.8) is 0 Å². The van der Waals surface area contributed by atoms with Gasteiger partial charge in [0.15, 0.2) is 0 Å². The van der Waals surface area contributed by atoms with Crippen LogP contribution in [0, 0.1) is 10.1 Å². The van der Waals surface area contributed by atoms with E-state index in [1.807, 2.05) is 0 Å². The second-order valence-corrected chi connectivity index (χ2v) is 4.44. The van der Waals surface area contributed by atoms with E-state index in [2.05, 4.69) is 9.97 Å². The number of anilines is 1. The van der Waals surface area contributed by atoms with Crippen LogP contribution in [-0.2, 0) is 4.79 Å². The molecule has 8 nitrogen and oxygen atoms in total. The number of carbonyl (C=O) groups is 1. The van der Waals surface area contributed by atoms with E-state index in [1.165, 1.54) is 6.92 Å². The van der Waals surface area contributed by atoms with Gasteiger partial charge in [-0.2, -0.15) is 4.98 Å². The summed E-state index contributed by atoms with van der Waals surface area (Å²) >= 11 is 5.68. The first-order valence-electron chi connectivity index (χ1n) is 5.66. The molecule has 2 heterocycles. The van der Waals surface area contributed by atoms with Gasteiger partial charge in [-0.25, -0.2) is 4.98 Å². The number of rotatable bonds is 2. The molecule has 1 aromatic heterocycles. The molecule has 1 fully saturated rings. The minimum atomic E-state index is -0.539. The molecule has 0 aromatic carbocycles. The van der Waals surface area contributed by atoms with Gasteiger partial charge in [0.05, 0.1) is 4.92 Å². The zero-order valence-corrected chi connectivity index (χ0v) is 11.0. The highest BCUT2D eigenvalue weighted by Gasteiger charge is 2.26. The van der Waals surface area contributed by atoms with Crippen LogP contribution >= 0.6 is 11.6 Å². The largest absolute Gasteiger partial charge is 0.347 e. The maximum absolute atomic E-state index is 11.2. The van der Waals surface area contributed by atoms with Crippen LogP contribution in [0.2, 0.25) is 5.28 Å². The number of aromatic nitrogens is 2. The van der Waals surface area contributed by atoms with E-state index in [0.29, 0.717) is 26.2 Å². The van der Waals surface area contributed by atoms with E-state index in [9.17, 15) is 14.9 Å². The summed E-state index contributed by atoms with van der Waals surface area (Å²) in [6.45, 7) is 3.48. The SMILES string of the molecule is CC(=O)N1CCN(c2nc(Cl)ncc2[N+](=O)[O-])CC1. The van der Waals surface area contributed by atoms with Gasteiger partial charge in [0.2, 0.25) is 17.0 Å². The molecule has 19 heavy (non-hydrogen) atoms. The third kappa shape index (κ3) is 2.90. The van der Waals surface area contributed by atoms with Crippen LogP contribution in [0.4, 0.5) is 11.5 Å². The standard InChI is InChI=1S/C10H12ClN5O3/c1-7(17)14-2-4-15(5-3-14)9-8(16(18)19)6-12-10(11)13-9/h6H,2-5H2,1H3. The van der Waals surface area contributed by atoms with Crippen molar-refractivity contribution in [2.24, 2.45) is 0 Å². The molecule has 1 saturated heterocycles. The Morgan fingerprint density at radius 3 is 2.58 bits per heavy atom. The van der Waals surface area contributed by atoms with E-state index >= 15 is 0 Å². The van der Waals surface area contributed by atoms with E-state index in [-0.39, 0.29) is 22.7 Å². The first kappa shape index (κ1) is 13.5. The Morgan fingerprint density at radius 2 is 2.05 bits per heavy atom. The number of hydrogen-bond acceptors (Lipinski definition) is 6. The lowest BCUT2D eigenvalue weighted by atomic mass is 10.3. The number of nitro groups is 1. The van der Waals surface area contributed by atoms with Crippen molar-refractivity contribution in [1.29, 1.82) is 0 Å². The number of piperazine rings is 1. The molecule has 1 aromatic rings. The second-order valence-electron chi connectivity index (χ2n) is 4.10. The molecule has 2 rings (SSSR count). The van der Waals surface area contributed by atoms with Gasteiger partial charge < -0.3 is 9.80 Å². The van der Waals surface area contributed by atoms with Gasteiger partial charge in [-0.05, 0) is 11.6 Å². The van der Waals surface area contributed by atoms with Crippen LogP contribution in [0.1, 0.15) is 6.92 Å². The van der Waals surface area contributed by atoms with Crippen molar-refractivity contribution in [2.45, 2.75) is 6.92 Å². The van der Waals surface area contributed by atoms with E-state index in [1.54, 1.807) is 9.80 Å². The number of carbonyl (C=O) groups excluding carboxylic acids is 1. The fourth-order valence-corrected chi connectivity index (χ4v) is 2.07. The quantitative estimate of drug-likeness (QED) is 0.451. The Labute approximate surface area is 114 Å². The minimum Gasteiger partial charge on any atom is -0.347 e. The van der Waals surface area contributed by atoms with Crippen LogP contribution in [0.25, 0.3) is 0 Å². The predicted molar refractivity (Wildman–Crippen MR) is 68.2 cm³/mol. The summed E-state index contributed by atoms with van der Waals surface area (Å²) in [5.74, 6) is 0.197. The topological polar surface area (TPSA) is 92.5 Å². The summed E-state index contributed by atoms with van der Waals surface area (Å²) in [6.07, 6.45) is 1.10. The number of amides is 1. The lowest BCUT2D eigenvalue weighted by Gasteiger charge is -2.34. The van der Waals surface area contributed by atoms with Crippen LogP contribution < -0.4 is 4.90 Å². The smallest absolute Gasteiger partial charge is 0.329 e. The van der Waals surface area contributed by atoms with Gasteiger partial charge in [0.1, 0.15) is 6.20 Å². The average Bonchev–Trinajstić information content (AvgIpc) is 2.38. The van der Waals surface area contributed by atoms with Gasteiger partial charge in [-0.3, -0.25) is 14.9 Å². The molecular weight excluding hydrogens is 274 g/mol. The molecule has 0 spiro atoms. The number of hydrogen-bond donors (Lipinski definition) is 0. The molecule has 102 valence electrons. The normalized spacial score (nSPS) is 15.5. The summed E-state index contributed by atoms with van der Waals surface area (Å²) in [6, 6.07) is 0. The van der Waals surface area contributed by atoms with Crippen LogP contribution in [0.15, 0.2) is 6.20 Å². The summed E-state index contributed by atoms with van der Waals surface area (Å²) < 4.78 is 0. The van der Waals surface area contributed by atoms with Crippen LogP contribution in [0.5, 0.6) is 0 Å². The Kier molecular flexibility index (Phi) is 3.79. The molecule has 1 aliphatic rings. The van der Waals surface area contributed by atoms with Crippen molar-refractivity contribution in [2.75, 3.05) is 31.1 Å². The van der Waals surface area contributed by atoms with Crippen molar-refractivity contribution in [1.82, 2.24) is 14.9 Å². The van der Waals surface area contributed by atoms with Crippen LogP contribution in [0.3, 0.4) is 0 Å². The molecule has 0 radical (unpaired) electrons. The molecule has 0 atom stereocenters. The van der Waals surface area contributed by atoms with E-state index < -0.39 is 4.92 Å². The minimum absolute atomic E-state index is 0.00475. The van der Waals surface area contributed by atoms with Gasteiger partial charge in [-0.1, -0.05) is 0 Å². The highest BCUT2D eigenvalue weighted by atomic mass is 35.5. The molecule has 0 saturated carbocycles. The average molecular weight is 286 g/mol. The fourth-order valence-electron chi connectivity index (χ4n) is 1.94. The maximum Gasteiger partial charge on any atom is 0.329 e. The fraction of sp³-hybridized carbons (Fsp3) is 0.500. The van der Waals surface area contributed by atoms with Gasteiger partial charge in [-0.15, -0.1) is 0 Å².